The highest BCUT2D eigenvalue weighted by Crippen LogP contribution is 2.29. The predicted octanol–water partition coefficient (Wildman–Crippen LogP) is 3.13. The predicted molar refractivity (Wildman–Crippen MR) is 74.5 cm³/mol. The van der Waals surface area contributed by atoms with Crippen molar-refractivity contribution in [3.63, 3.8) is 0 Å². The molecular weight excluding hydrogens is 244 g/mol. The summed E-state index contributed by atoms with van der Waals surface area (Å²) in [6.07, 6.45) is 2.28. The first kappa shape index (κ1) is 13.8. The van der Waals surface area contributed by atoms with E-state index in [1.807, 2.05) is 6.07 Å². The van der Waals surface area contributed by atoms with Crippen LogP contribution in [-0.2, 0) is 4.74 Å². The number of aryl methyl sites for hydroxylation is 1. The number of nitrogens with zero attached hydrogens (tertiary/aromatic N) is 1. The van der Waals surface area contributed by atoms with Gasteiger partial charge in [-0.15, -0.1) is 0 Å². The van der Waals surface area contributed by atoms with E-state index in [0.717, 1.165) is 26.0 Å². The molecule has 1 fully saturated rings. The van der Waals surface area contributed by atoms with Gasteiger partial charge in [-0.1, -0.05) is 19.1 Å². The molecule has 0 saturated carbocycles. The molecule has 5 nitrogen and oxygen atoms in total. The van der Waals surface area contributed by atoms with Crippen LogP contribution in [0.5, 0.6) is 0 Å². The van der Waals surface area contributed by atoms with Gasteiger partial charge < -0.3 is 10.1 Å². The lowest BCUT2D eigenvalue weighted by Gasteiger charge is -2.18. The molecule has 1 aromatic rings. The number of rotatable bonds is 5. The Morgan fingerprint density at radius 2 is 2.32 bits per heavy atom. The third-order valence-electron chi connectivity index (χ3n) is 3.72. The monoisotopic (exact) mass is 264 g/mol. The molecule has 2 atom stereocenters. The fourth-order valence-corrected chi connectivity index (χ4v) is 2.66. The van der Waals surface area contributed by atoms with Crippen LogP contribution in [0.25, 0.3) is 0 Å². The van der Waals surface area contributed by atoms with Crippen LogP contribution >= 0.6 is 0 Å². The van der Waals surface area contributed by atoms with E-state index in [0.29, 0.717) is 17.2 Å². The van der Waals surface area contributed by atoms with Gasteiger partial charge in [-0.3, -0.25) is 10.1 Å². The van der Waals surface area contributed by atoms with Crippen LogP contribution in [0.1, 0.15) is 25.3 Å². The van der Waals surface area contributed by atoms with E-state index in [4.69, 9.17) is 4.74 Å². The van der Waals surface area contributed by atoms with Gasteiger partial charge in [0.2, 0.25) is 0 Å². The summed E-state index contributed by atoms with van der Waals surface area (Å²) in [6.45, 7) is 5.39. The molecule has 0 bridgehead atoms. The molecule has 1 aliphatic heterocycles. The zero-order chi connectivity index (χ0) is 13.8. The Hall–Kier alpha value is -1.62. The van der Waals surface area contributed by atoms with E-state index in [-0.39, 0.29) is 16.7 Å². The molecule has 0 aromatic heterocycles. The zero-order valence-corrected chi connectivity index (χ0v) is 11.4. The van der Waals surface area contributed by atoms with Crippen molar-refractivity contribution in [3.8, 4) is 0 Å². The molecule has 1 N–H and O–H groups in total. The van der Waals surface area contributed by atoms with Crippen molar-refractivity contribution >= 4 is 11.4 Å². The second-order valence-electron chi connectivity index (χ2n) is 4.98. The molecule has 5 heteroatoms. The van der Waals surface area contributed by atoms with E-state index < -0.39 is 0 Å². The Balaban J connectivity index is 2.07. The lowest BCUT2D eigenvalue weighted by atomic mass is 9.99. The minimum absolute atomic E-state index is 0.175. The average Bonchev–Trinajstić information content (AvgIpc) is 2.83. The van der Waals surface area contributed by atoms with Gasteiger partial charge >= 0.3 is 0 Å². The molecule has 104 valence electrons. The normalized spacial score (nSPS) is 22.4. The minimum Gasteiger partial charge on any atom is -0.379 e. The smallest absolute Gasteiger partial charge is 0.295 e. The van der Waals surface area contributed by atoms with Crippen LogP contribution in [0.2, 0.25) is 0 Å². The number of ether oxygens (including phenoxy) is 1. The summed E-state index contributed by atoms with van der Waals surface area (Å²) >= 11 is 0. The molecular formula is C14H20N2O3. The largest absolute Gasteiger partial charge is 0.379 e. The van der Waals surface area contributed by atoms with E-state index in [1.165, 1.54) is 0 Å². The average molecular weight is 264 g/mol. The van der Waals surface area contributed by atoms with E-state index in [2.05, 4.69) is 12.2 Å². The fraction of sp³-hybridized carbons (Fsp3) is 0.571. The Bertz CT molecular complexity index is 462. The topological polar surface area (TPSA) is 64.4 Å². The van der Waals surface area contributed by atoms with E-state index in [1.54, 1.807) is 19.1 Å². The van der Waals surface area contributed by atoms with Crippen molar-refractivity contribution in [2.45, 2.75) is 32.8 Å². The van der Waals surface area contributed by atoms with E-state index >= 15 is 0 Å². The second kappa shape index (κ2) is 6.02. The highest BCUT2D eigenvalue weighted by Gasteiger charge is 2.27. The highest BCUT2D eigenvalue weighted by atomic mass is 16.6. The van der Waals surface area contributed by atoms with Crippen molar-refractivity contribution in [2.75, 3.05) is 18.5 Å². The van der Waals surface area contributed by atoms with Gasteiger partial charge in [-0.25, -0.2) is 0 Å². The van der Waals surface area contributed by atoms with Crippen LogP contribution in [0.4, 0.5) is 11.4 Å². The molecule has 0 spiro atoms. The Morgan fingerprint density at radius 3 is 3.00 bits per heavy atom. The summed E-state index contributed by atoms with van der Waals surface area (Å²) in [5.74, 6) is 0.435. The number of hydrogen-bond donors (Lipinski definition) is 1. The zero-order valence-electron chi connectivity index (χ0n) is 11.4. The summed E-state index contributed by atoms with van der Waals surface area (Å²) in [7, 11) is 0. The Morgan fingerprint density at radius 1 is 1.53 bits per heavy atom. The lowest BCUT2D eigenvalue weighted by molar-refractivity contribution is -0.384. The summed E-state index contributed by atoms with van der Waals surface area (Å²) in [6, 6.07) is 5.37. The molecule has 1 heterocycles. The van der Waals surface area contributed by atoms with Crippen LogP contribution in [0.15, 0.2) is 18.2 Å². The molecule has 19 heavy (non-hydrogen) atoms. The number of nitro groups is 1. The van der Waals surface area contributed by atoms with Gasteiger partial charge in [0, 0.05) is 24.6 Å². The number of anilines is 1. The minimum atomic E-state index is -0.319. The number of para-hydroxylation sites is 1. The van der Waals surface area contributed by atoms with Gasteiger partial charge in [-0.05, 0) is 25.8 Å². The SMILES string of the molecule is CCC1OCCC1CNc1cccc(C)c1[N+](=O)[O-]. The molecule has 1 saturated heterocycles. The molecule has 0 amide bonds. The Kier molecular flexibility index (Phi) is 4.37. The van der Waals surface area contributed by atoms with Crippen molar-refractivity contribution in [3.05, 3.63) is 33.9 Å². The number of nitro benzene ring substituents is 1. The number of nitrogens with one attached hydrogen (secondary N) is 1. The van der Waals surface area contributed by atoms with E-state index in [9.17, 15) is 10.1 Å². The van der Waals surface area contributed by atoms with Gasteiger partial charge in [0.05, 0.1) is 11.0 Å². The van der Waals surface area contributed by atoms with Crippen LogP contribution in [0.3, 0.4) is 0 Å². The third kappa shape index (κ3) is 3.04. The molecule has 0 aliphatic carbocycles. The number of benzene rings is 1. The summed E-state index contributed by atoms with van der Waals surface area (Å²) in [4.78, 5) is 10.8. The maximum absolute atomic E-state index is 11.1. The van der Waals surface area contributed by atoms with Crippen molar-refractivity contribution < 1.29 is 9.66 Å². The molecule has 1 aromatic carbocycles. The molecule has 0 radical (unpaired) electrons. The standard InChI is InChI=1S/C14H20N2O3/c1-3-13-11(7-8-19-13)9-15-12-6-4-5-10(2)14(12)16(17)18/h4-6,11,13,15H,3,7-9H2,1-2H3. The van der Waals surface area contributed by atoms with Gasteiger partial charge in [0.1, 0.15) is 5.69 Å². The van der Waals surface area contributed by atoms with Gasteiger partial charge in [-0.2, -0.15) is 0 Å². The Labute approximate surface area is 113 Å². The molecule has 2 unspecified atom stereocenters. The van der Waals surface area contributed by atoms with Gasteiger partial charge in [0.25, 0.3) is 5.69 Å². The molecule has 2 rings (SSSR count). The van der Waals surface area contributed by atoms with Crippen LogP contribution in [-0.4, -0.2) is 24.2 Å². The summed E-state index contributed by atoms with van der Waals surface area (Å²) < 4.78 is 5.63. The highest BCUT2D eigenvalue weighted by molar-refractivity contribution is 5.65. The maximum Gasteiger partial charge on any atom is 0.295 e. The fourth-order valence-electron chi connectivity index (χ4n) is 2.66. The quantitative estimate of drug-likeness (QED) is 0.655. The summed E-state index contributed by atoms with van der Waals surface area (Å²) in [5, 5.41) is 14.3. The van der Waals surface area contributed by atoms with Crippen molar-refractivity contribution in [1.82, 2.24) is 0 Å². The van der Waals surface area contributed by atoms with Crippen LogP contribution < -0.4 is 5.32 Å². The maximum atomic E-state index is 11.1. The summed E-state index contributed by atoms with van der Waals surface area (Å²) in [5.41, 5.74) is 1.46. The number of hydrogen-bond acceptors (Lipinski definition) is 4. The second-order valence-corrected chi connectivity index (χ2v) is 4.98. The van der Waals surface area contributed by atoms with Gasteiger partial charge in [0.15, 0.2) is 0 Å². The van der Waals surface area contributed by atoms with Crippen molar-refractivity contribution in [1.29, 1.82) is 0 Å². The first-order chi connectivity index (χ1) is 9.13. The first-order valence-corrected chi connectivity index (χ1v) is 6.73. The third-order valence-corrected chi connectivity index (χ3v) is 3.72. The molecule has 1 aliphatic rings. The lowest BCUT2D eigenvalue weighted by Crippen LogP contribution is -2.23. The first-order valence-electron chi connectivity index (χ1n) is 6.73. The van der Waals surface area contributed by atoms with Crippen molar-refractivity contribution in [2.24, 2.45) is 5.92 Å². The van der Waals surface area contributed by atoms with Crippen LogP contribution in [0, 0.1) is 23.0 Å².